The van der Waals surface area contributed by atoms with Crippen LogP contribution in [0.4, 0.5) is 5.69 Å². The van der Waals surface area contributed by atoms with Crippen molar-refractivity contribution < 1.29 is 33.2 Å². The second kappa shape index (κ2) is 9.35. The quantitative estimate of drug-likeness (QED) is 0.374. The first-order chi connectivity index (χ1) is 18.6. The van der Waals surface area contributed by atoms with E-state index in [2.05, 4.69) is 6.92 Å². The topological polar surface area (TPSA) is 75.7 Å². The minimum atomic E-state index is -1.02. The average Bonchev–Trinajstić information content (AvgIpc) is 3.62. The van der Waals surface area contributed by atoms with Gasteiger partial charge >= 0.3 is 0 Å². The van der Waals surface area contributed by atoms with E-state index in [0.717, 1.165) is 47.2 Å². The van der Waals surface area contributed by atoms with Gasteiger partial charge in [-0.05, 0) is 41.8 Å². The summed E-state index contributed by atoms with van der Waals surface area (Å²) in [5.74, 6) is 3.51. The Morgan fingerprint density at radius 3 is 2.32 bits per heavy atom. The summed E-state index contributed by atoms with van der Waals surface area (Å²) in [6, 6.07) is 13.6. The Morgan fingerprint density at radius 2 is 1.63 bits per heavy atom. The van der Waals surface area contributed by atoms with Crippen LogP contribution in [0.2, 0.25) is 0 Å². The number of methoxy groups -OCH3 is 3. The highest BCUT2D eigenvalue weighted by atomic mass is 16.7. The molecule has 3 aliphatic rings. The van der Waals surface area contributed by atoms with Gasteiger partial charge in [-0.3, -0.25) is 4.79 Å². The molecule has 1 amide bonds. The number of hydrogen-bond acceptors (Lipinski definition) is 7. The molecule has 0 saturated heterocycles. The minimum absolute atomic E-state index is 0.0149. The number of ether oxygens (including phenoxy) is 6. The summed E-state index contributed by atoms with van der Waals surface area (Å²) >= 11 is 0. The van der Waals surface area contributed by atoms with Gasteiger partial charge in [-0.15, -0.1) is 0 Å². The molecule has 6 rings (SSSR count). The standard InChI is InChI=1S/C30H31NO7/c1-5-6-7-11-31-21-10-8-9-19(18-12-25(33-2)28(35-4)26(13-18)34-3)27(21)30(29(31)32)16-36-22-15-24-23(14-20(22)30)37-17-38-24/h8-10,12-15H,5-7,11,16-17H2,1-4H3. The third-order valence-corrected chi connectivity index (χ3v) is 7.71. The Hall–Kier alpha value is -4.07. The van der Waals surface area contributed by atoms with Gasteiger partial charge in [-0.25, -0.2) is 0 Å². The van der Waals surface area contributed by atoms with Crippen LogP contribution < -0.4 is 33.3 Å². The summed E-state index contributed by atoms with van der Waals surface area (Å²) in [7, 11) is 4.78. The Morgan fingerprint density at radius 1 is 0.895 bits per heavy atom. The van der Waals surface area contributed by atoms with Crippen LogP contribution in [0.15, 0.2) is 42.5 Å². The molecule has 1 spiro atoms. The van der Waals surface area contributed by atoms with Crippen molar-refractivity contribution in [2.75, 3.05) is 46.2 Å². The maximum atomic E-state index is 14.5. The third-order valence-electron chi connectivity index (χ3n) is 7.71. The lowest BCUT2D eigenvalue weighted by Crippen LogP contribution is -2.43. The number of amides is 1. The molecule has 0 aliphatic carbocycles. The first-order valence-electron chi connectivity index (χ1n) is 12.9. The van der Waals surface area contributed by atoms with Crippen LogP contribution in [0.25, 0.3) is 11.1 Å². The van der Waals surface area contributed by atoms with Gasteiger partial charge in [0.15, 0.2) is 23.0 Å². The van der Waals surface area contributed by atoms with E-state index < -0.39 is 5.41 Å². The molecule has 1 unspecified atom stereocenters. The normalized spacial score (nSPS) is 18.4. The molecule has 3 aromatic rings. The molecule has 3 heterocycles. The zero-order valence-corrected chi connectivity index (χ0v) is 22.1. The van der Waals surface area contributed by atoms with Crippen molar-refractivity contribution in [1.82, 2.24) is 0 Å². The van der Waals surface area contributed by atoms with Gasteiger partial charge in [0.2, 0.25) is 18.4 Å². The average molecular weight is 518 g/mol. The van der Waals surface area contributed by atoms with Crippen molar-refractivity contribution in [3.8, 4) is 45.6 Å². The van der Waals surface area contributed by atoms with Crippen molar-refractivity contribution in [3.63, 3.8) is 0 Å². The number of benzene rings is 3. The highest BCUT2D eigenvalue weighted by Crippen LogP contribution is 2.58. The summed E-state index contributed by atoms with van der Waals surface area (Å²) < 4.78 is 34.4. The second-order valence-corrected chi connectivity index (χ2v) is 9.67. The fourth-order valence-corrected chi connectivity index (χ4v) is 5.90. The van der Waals surface area contributed by atoms with Crippen LogP contribution in [-0.4, -0.2) is 47.2 Å². The summed E-state index contributed by atoms with van der Waals surface area (Å²) in [6.45, 7) is 3.14. The monoisotopic (exact) mass is 517 g/mol. The van der Waals surface area contributed by atoms with Crippen LogP contribution in [0, 0.1) is 0 Å². The summed E-state index contributed by atoms with van der Waals surface area (Å²) in [5, 5.41) is 0. The van der Waals surface area contributed by atoms with Crippen molar-refractivity contribution in [2.45, 2.75) is 31.6 Å². The predicted molar refractivity (Wildman–Crippen MR) is 142 cm³/mol. The molecule has 0 N–H and O–H groups in total. The summed E-state index contributed by atoms with van der Waals surface area (Å²) in [4.78, 5) is 16.4. The molecule has 0 fully saturated rings. The van der Waals surface area contributed by atoms with E-state index >= 15 is 0 Å². The van der Waals surface area contributed by atoms with Gasteiger partial charge in [0.25, 0.3) is 0 Å². The number of carbonyl (C=O) groups excluding carboxylic acids is 1. The number of unbranched alkanes of at least 4 members (excludes halogenated alkanes) is 2. The molecule has 0 bridgehead atoms. The lowest BCUT2D eigenvalue weighted by molar-refractivity contribution is -0.122. The Kier molecular flexibility index (Phi) is 5.97. The molecule has 38 heavy (non-hydrogen) atoms. The number of anilines is 1. The van der Waals surface area contributed by atoms with Crippen molar-refractivity contribution in [3.05, 3.63) is 53.6 Å². The maximum Gasteiger partial charge on any atom is 0.245 e. The molecule has 198 valence electrons. The summed E-state index contributed by atoms with van der Waals surface area (Å²) in [6.07, 6.45) is 3.03. The molecule has 1 atom stereocenters. The number of carbonyl (C=O) groups is 1. The molecule has 3 aliphatic heterocycles. The number of nitrogens with zero attached hydrogens (tertiary/aromatic N) is 1. The van der Waals surface area contributed by atoms with Crippen molar-refractivity contribution >= 4 is 11.6 Å². The Balaban J connectivity index is 1.60. The lowest BCUT2D eigenvalue weighted by atomic mass is 9.74. The van der Waals surface area contributed by atoms with E-state index in [4.69, 9.17) is 28.4 Å². The summed E-state index contributed by atoms with van der Waals surface area (Å²) in [5.41, 5.74) is 3.34. The highest BCUT2D eigenvalue weighted by Gasteiger charge is 2.58. The van der Waals surface area contributed by atoms with Gasteiger partial charge in [0, 0.05) is 29.4 Å². The second-order valence-electron chi connectivity index (χ2n) is 9.67. The maximum absolute atomic E-state index is 14.5. The van der Waals surface area contributed by atoms with Gasteiger partial charge < -0.3 is 33.3 Å². The van der Waals surface area contributed by atoms with Crippen LogP contribution in [0.5, 0.6) is 34.5 Å². The van der Waals surface area contributed by atoms with Crippen molar-refractivity contribution in [2.24, 2.45) is 0 Å². The van der Waals surface area contributed by atoms with Crippen LogP contribution in [0.1, 0.15) is 37.3 Å². The minimum Gasteiger partial charge on any atom is -0.493 e. The smallest absolute Gasteiger partial charge is 0.245 e. The molecule has 0 aromatic heterocycles. The van der Waals surface area contributed by atoms with Gasteiger partial charge in [0.1, 0.15) is 17.8 Å². The highest BCUT2D eigenvalue weighted by molar-refractivity contribution is 6.13. The van der Waals surface area contributed by atoms with Crippen LogP contribution >= 0.6 is 0 Å². The zero-order chi connectivity index (χ0) is 26.4. The van der Waals surface area contributed by atoms with E-state index in [1.165, 1.54) is 0 Å². The van der Waals surface area contributed by atoms with E-state index in [1.54, 1.807) is 21.3 Å². The fraction of sp³-hybridized carbons (Fsp3) is 0.367. The van der Waals surface area contributed by atoms with Gasteiger partial charge in [0.05, 0.1) is 21.3 Å². The SMILES string of the molecule is CCCCCN1C(=O)C2(COc3cc4c(cc32)OCO4)c2c(-c3cc(OC)c(OC)c(OC)c3)cccc21. The van der Waals surface area contributed by atoms with Crippen molar-refractivity contribution in [1.29, 1.82) is 0 Å². The lowest BCUT2D eigenvalue weighted by Gasteiger charge is -2.25. The molecule has 8 nitrogen and oxygen atoms in total. The van der Waals surface area contributed by atoms with Gasteiger partial charge in [-0.2, -0.15) is 0 Å². The van der Waals surface area contributed by atoms with Crippen LogP contribution in [0.3, 0.4) is 0 Å². The molecule has 8 heteroatoms. The van der Waals surface area contributed by atoms with E-state index in [0.29, 0.717) is 41.0 Å². The molecule has 0 radical (unpaired) electrons. The number of fused-ring (bicyclic) bond motifs is 5. The van der Waals surface area contributed by atoms with Gasteiger partial charge in [-0.1, -0.05) is 31.9 Å². The molecule has 3 aromatic carbocycles. The number of hydrogen-bond donors (Lipinski definition) is 0. The van der Waals surface area contributed by atoms with E-state index in [9.17, 15) is 4.79 Å². The predicted octanol–water partition coefficient (Wildman–Crippen LogP) is 5.32. The fourth-order valence-electron chi connectivity index (χ4n) is 5.90. The first-order valence-corrected chi connectivity index (χ1v) is 12.9. The Bertz CT molecular complexity index is 1390. The first kappa shape index (κ1) is 24.3. The number of rotatable bonds is 8. The molecular weight excluding hydrogens is 486 g/mol. The Labute approximate surface area is 222 Å². The van der Waals surface area contributed by atoms with E-state index in [-0.39, 0.29) is 19.3 Å². The van der Waals surface area contributed by atoms with E-state index in [1.807, 2.05) is 47.4 Å². The largest absolute Gasteiger partial charge is 0.493 e. The van der Waals surface area contributed by atoms with Crippen LogP contribution in [-0.2, 0) is 10.2 Å². The molecule has 0 saturated carbocycles. The zero-order valence-electron chi connectivity index (χ0n) is 22.1. The third kappa shape index (κ3) is 3.39. The molecular formula is C30H31NO7.